The minimum Gasteiger partial charge on any atom is -0.382 e. The summed E-state index contributed by atoms with van der Waals surface area (Å²) in [5.41, 5.74) is 4.58. The van der Waals surface area contributed by atoms with Gasteiger partial charge in [-0.1, -0.05) is 36.0 Å². The maximum Gasteiger partial charge on any atom is 0.276 e. The summed E-state index contributed by atoms with van der Waals surface area (Å²) in [4.78, 5) is 65.0. The monoisotopic (exact) mass is 820 g/mol. The molecule has 4 aromatic rings. The van der Waals surface area contributed by atoms with Gasteiger partial charge in [0.15, 0.2) is 5.82 Å². The average molecular weight is 823 g/mol. The van der Waals surface area contributed by atoms with Crippen molar-refractivity contribution in [1.82, 2.24) is 39.7 Å². The quantitative estimate of drug-likeness (QED) is 0.213. The Morgan fingerprint density at radius 1 is 0.755 bits per heavy atom. The molecule has 0 radical (unpaired) electrons. The third-order valence-corrected chi connectivity index (χ3v) is 10.7. The molecule has 2 aliphatic carbocycles. The summed E-state index contributed by atoms with van der Waals surface area (Å²) in [6, 6.07) is 6.72. The summed E-state index contributed by atoms with van der Waals surface area (Å²) in [6.07, 6.45) is 14.3. The molecule has 0 bridgehead atoms. The molecule has 0 atom stereocenters. The Bertz CT molecular complexity index is 2320. The predicted molar refractivity (Wildman–Crippen MR) is 197 cm³/mol. The number of amides is 2. The highest BCUT2D eigenvalue weighted by Crippen LogP contribution is 2.40. The normalized spacial score (nSPS) is 17.1. The standard InChI is InChI=1S/C17H15ClN6O2.C12H12BrClN2O2.C5H4N4/c18-11-6-12(22-14-10(7-19)8-20-9-21-14)16(26)24-13(11)15(25)23-17(24)4-2-1-3-5-17;13-7-6-8(14)9-10(17)15-12(16(9)11(7)18)4-2-1-3-5-12;6-1-4-2-8-3-9-5(4)7/h6,8-9H,1-5H2,(H,23,25)(H,20,21,22);6H,1-5H2,(H,15,17);2-3H,(H2,7,8,9). The number of nitrogens with zero attached hydrogens (tertiary/aromatic N) is 8. The van der Waals surface area contributed by atoms with Gasteiger partial charge >= 0.3 is 0 Å². The number of aromatic nitrogens is 6. The smallest absolute Gasteiger partial charge is 0.276 e. The van der Waals surface area contributed by atoms with Crippen LogP contribution in [0.25, 0.3) is 0 Å². The molecule has 0 unspecified atom stereocenters. The van der Waals surface area contributed by atoms with E-state index < -0.39 is 11.3 Å². The molecule has 2 fully saturated rings. The molecule has 4 aromatic heterocycles. The van der Waals surface area contributed by atoms with Gasteiger partial charge in [-0.15, -0.1) is 0 Å². The van der Waals surface area contributed by atoms with Crippen LogP contribution in [-0.4, -0.2) is 40.9 Å². The largest absolute Gasteiger partial charge is 0.382 e. The van der Waals surface area contributed by atoms with Crippen LogP contribution >= 0.6 is 39.1 Å². The van der Waals surface area contributed by atoms with Crippen LogP contribution in [0.4, 0.5) is 17.3 Å². The summed E-state index contributed by atoms with van der Waals surface area (Å²) in [5.74, 6) is -0.134. The lowest BCUT2D eigenvalue weighted by Gasteiger charge is -2.35. The third-order valence-electron chi connectivity index (χ3n) is 9.55. The van der Waals surface area contributed by atoms with Crippen molar-refractivity contribution in [2.75, 3.05) is 11.1 Å². The molecule has 0 aromatic carbocycles. The molecule has 0 saturated heterocycles. The zero-order valence-corrected chi connectivity index (χ0v) is 31.1. The summed E-state index contributed by atoms with van der Waals surface area (Å²) in [6.45, 7) is 0. The van der Waals surface area contributed by atoms with Crippen LogP contribution in [-0.2, 0) is 11.3 Å². The average Bonchev–Trinajstić information content (AvgIpc) is 3.60. The van der Waals surface area contributed by atoms with Crippen LogP contribution in [0.2, 0.25) is 10.0 Å². The van der Waals surface area contributed by atoms with E-state index in [1.54, 1.807) is 4.57 Å². The number of nitrogens with one attached hydrogen (secondary N) is 3. The van der Waals surface area contributed by atoms with Crippen molar-refractivity contribution in [3.63, 3.8) is 0 Å². The van der Waals surface area contributed by atoms with Gasteiger partial charge in [0.05, 0.1) is 26.9 Å². The Kier molecular flexibility index (Phi) is 10.8. The molecule has 4 aliphatic rings. The van der Waals surface area contributed by atoms with Crippen molar-refractivity contribution >= 4 is 68.3 Å². The lowest BCUT2D eigenvalue weighted by atomic mass is 9.89. The highest BCUT2D eigenvalue weighted by atomic mass is 79.9. The SMILES string of the molecule is N#Cc1cncnc1N.N#Cc1cncnc1Nc1cc(Cl)c2n(c1=O)C1(CCCCC1)NC2=O.O=C1NC2(CCCCC2)n2c1c(Cl)cc(Br)c2=O. The van der Waals surface area contributed by atoms with Crippen LogP contribution in [0.1, 0.15) is 96.3 Å². The number of anilines is 3. The second-order valence-corrected chi connectivity index (χ2v) is 14.4. The molecule has 272 valence electrons. The Morgan fingerprint density at radius 2 is 1.25 bits per heavy atom. The molecule has 8 rings (SSSR count). The second-order valence-electron chi connectivity index (χ2n) is 12.8. The van der Waals surface area contributed by atoms with Crippen molar-refractivity contribution in [3.8, 4) is 12.1 Å². The minimum atomic E-state index is -0.729. The number of rotatable bonds is 2. The van der Waals surface area contributed by atoms with Crippen LogP contribution in [0.3, 0.4) is 0 Å². The van der Waals surface area contributed by atoms with Crippen molar-refractivity contribution in [1.29, 1.82) is 10.5 Å². The van der Waals surface area contributed by atoms with Gasteiger partial charge in [-0.25, -0.2) is 19.9 Å². The first-order valence-electron chi connectivity index (χ1n) is 16.6. The van der Waals surface area contributed by atoms with Crippen LogP contribution < -0.4 is 32.8 Å². The van der Waals surface area contributed by atoms with Gasteiger partial charge in [0.2, 0.25) is 0 Å². The maximum absolute atomic E-state index is 13.2. The van der Waals surface area contributed by atoms with E-state index in [2.05, 4.69) is 51.8 Å². The summed E-state index contributed by atoms with van der Waals surface area (Å²) < 4.78 is 3.44. The fourth-order valence-corrected chi connectivity index (χ4v) is 8.25. The Hall–Kier alpha value is -5.36. The van der Waals surface area contributed by atoms with Gasteiger partial charge in [-0.05, 0) is 79.4 Å². The van der Waals surface area contributed by atoms with Crippen LogP contribution in [0.15, 0.2) is 51.2 Å². The van der Waals surface area contributed by atoms with Crippen molar-refractivity contribution in [2.45, 2.75) is 75.5 Å². The lowest BCUT2D eigenvalue weighted by Crippen LogP contribution is -2.48. The van der Waals surface area contributed by atoms with Crippen LogP contribution in [0, 0.1) is 22.7 Å². The number of fused-ring (bicyclic) bond motifs is 4. The highest BCUT2D eigenvalue weighted by Gasteiger charge is 2.46. The van der Waals surface area contributed by atoms with E-state index in [9.17, 15) is 24.4 Å². The molecular formula is C34H31BrCl2N12O4. The van der Waals surface area contributed by atoms with Gasteiger partial charge in [0.25, 0.3) is 22.9 Å². The fraction of sp³-hybridized carbons (Fsp3) is 0.353. The lowest BCUT2D eigenvalue weighted by molar-refractivity contribution is 0.0867. The molecule has 2 amide bonds. The maximum atomic E-state index is 13.2. The molecule has 2 aliphatic heterocycles. The Balaban J connectivity index is 0.000000153. The number of hydrogen-bond donors (Lipinski definition) is 4. The number of nitriles is 2. The third kappa shape index (κ3) is 7.07. The fourth-order valence-electron chi connectivity index (χ4n) is 7.16. The number of nitrogen functional groups attached to an aromatic ring is 1. The van der Waals surface area contributed by atoms with Crippen molar-refractivity contribution < 1.29 is 9.59 Å². The van der Waals surface area contributed by atoms with E-state index in [4.69, 9.17) is 34.2 Å². The first-order valence-corrected chi connectivity index (χ1v) is 18.2. The Morgan fingerprint density at radius 3 is 1.75 bits per heavy atom. The molecule has 5 N–H and O–H groups in total. The number of pyridine rings is 2. The molecule has 2 saturated carbocycles. The summed E-state index contributed by atoms with van der Waals surface area (Å²) in [5, 5.41) is 26.8. The van der Waals surface area contributed by atoms with Crippen molar-refractivity contribution in [2.24, 2.45) is 0 Å². The number of hydrogen-bond acceptors (Lipinski definition) is 12. The highest BCUT2D eigenvalue weighted by molar-refractivity contribution is 9.10. The zero-order valence-electron chi connectivity index (χ0n) is 28.0. The minimum absolute atomic E-state index is 0.162. The molecule has 6 heterocycles. The first-order chi connectivity index (χ1) is 25.4. The van der Waals surface area contributed by atoms with Crippen LogP contribution in [0.5, 0.6) is 0 Å². The second kappa shape index (κ2) is 15.3. The predicted octanol–water partition coefficient (Wildman–Crippen LogP) is 4.82. The van der Waals surface area contributed by atoms with E-state index in [0.29, 0.717) is 33.6 Å². The number of carbonyl (C=O) groups excluding carboxylic acids is 2. The molecule has 16 nitrogen and oxygen atoms in total. The molecule has 2 spiro atoms. The van der Waals surface area contributed by atoms with E-state index >= 15 is 0 Å². The number of halogens is 3. The molecule has 19 heteroatoms. The van der Waals surface area contributed by atoms with Gasteiger partial charge < -0.3 is 21.7 Å². The summed E-state index contributed by atoms with van der Waals surface area (Å²) in [7, 11) is 0. The summed E-state index contributed by atoms with van der Waals surface area (Å²) >= 11 is 15.6. The van der Waals surface area contributed by atoms with Crippen molar-refractivity contribution in [3.05, 3.63) is 94.9 Å². The van der Waals surface area contributed by atoms with Gasteiger partial charge in [-0.3, -0.25) is 28.3 Å². The Labute approximate surface area is 320 Å². The molecular weight excluding hydrogens is 791 g/mol. The number of nitrogens with two attached hydrogens (primary N) is 1. The van der Waals surface area contributed by atoms with E-state index in [-0.39, 0.29) is 56.5 Å². The molecule has 53 heavy (non-hydrogen) atoms. The van der Waals surface area contributed by atoms with E-state index in [0.717, 1.165) is 51.4 Å². The van der Waals surface area contributed by atoms with Gasteiger partial charge in [0, 0.05) is 0 Å². The number of carbonyl (C=O) groups is 2. The van der Waals surface area contributed by atoms with E-state index in [1.807, 2.05) is 12.1 Å². The first kappa shape index (κ1) is 37.4. The topological polar surface area (TPSA) is 239 Å². The van der Waals surface area contributed by atoms with Gasteiger partial charge in [0.1, 0.15) is 70.1 Å². The zero-order chi connectivity index (χ0) is 37.9. The van der Waals surface area contributed by atoms with E-state index in [1.165, 1.54) is 41.7 Å². The van der Waals surface area contributed by atoms with Gasteiger partial charge in [-0.2, -0.15) is 10.5 Å².